The number of nitrogens with zero attached hydrogens (tertiary/aromatic N) is 1. The van der Waals surface area contributed by atoms with Gasteiger partial charge in [-0.05, 0) is 43.1 Å². The number of rotatable bonds is 2. The summed E-state index contributed by atoms with van der Waals surface area (Å²) < 4.78 is 0. The lowest BCUT2D eigenvalue weighted by Gasteiger charge is -2.43. The largest absolute Gasteiger partial charge is 0.341 e. The van der Waals surface area contributed by atoms with Crippen LogP contribution in [0.1, 0.15) is 37.7 Å². The third-order valence-electron chi connectivity index (χ3n) is 6.14. The maximum absolute atomic E-state index is 13.2. The minimum Gasteiger partial charge on any atom is -0.341 e. The van der Waals surface area contributed by atoms with Crippen LogP contribution >= 0.6 is 0 Å². The van der Waals surface area contributed by atoms with Gasteiger partial charge in [0.05, 0.1) is 5.41 Å². The van der Waals surface area contributed by atoms with Crippen molar-refractivity contribution in [1.82, 2.24) is 4.90 Å². The van der Waals surface area contributed by atoms with Gasteiger partial charge in [0.2, 0.25) is 5.91 Å². The minimum atomic E-state index is -0.232. The maximum atomic E-state index is 13.2. The number of benzene rings is 1. The molecule has 4 rings (SSSR count). The molecule has 1 aromatic rings. The Balaban J connectivity index is 1.57. The van der Waals surface area contributed by atoms with E-state index in [9.17, 15) is 4.79 Å². The number of carbonyl (C=O) groups excluding carboxylic acids is 1. The summed E-state index contributed by atoms with van der Waals surface area (Å²) in [6, 6.07) is 10.7. The molecule has 1 aliphatic heterocycles. The van der Waals surface area contributed by atoms with Crippen molar-refractivity contribution >= 4 is 5.91 Å². The van der Waals surface area contributed by atoms with Crippen LogP contribution in [-0.4, -0.2) is 29.9 Å². The summed E-state index contributed by atoms with van der Waals surface area (Å²) in [6.07, 6.45) is 5.53. The van der Waals surface area contributed by atoms with Gasteiger partial charge in [-0.1, -0.05) is 36.8 Å². The molecule has 3 unspecified atom stereocenters. The molecule has 112 valence electrons. The average molecular weight is 284 g/mol. The number of nitrogens with two attached hydrogens (primary N) is 1. The molecular weight excluding hydrogens is 260 g/mol. The van der Waals surface area contributed by atoms with Gasteiger partial charge in [0.1, 0.15) is 0 Å². The van der Waals surface area contributed by atoms with E-state index in [1.807, 2.05) is 6.07 Å². The van der Waals surface area contributed by atoms with Crippen LogP contribution in [0.15, 0.2) is 30.3 Å². The molecule has 0 aromatic heterocycles. The Kier molecular flexibility index (Phi) is 3.07. The maximum Gasteiger partial charge on any atom is 0.233 e. The number of hydrogen-bond donors (Lipinski definition) is 1. The quantitative estimate of drug-likeness (QED) is 0.906. The predicted octanol–water partition coefficient (Wildman–Crippen LogP) is 2.30. The zero-order valence-electron chi connectivity index (χ0n) is 12.5. The third-order valence-corrected chi connectivity index (χ3v) is 6.14. The minimum absolute atomic E-state index is 0.232. The predicted molar refractivity (Wildman–Crippen MR) is 82.7 cm³/mol. The Morgan fingerprint density at radius 3 is 2.52 bits per heavy atom. The number of amides is 1. The second-order valence-electron chi connectivity index (χ2n) is 7.18. The summed E-state index contributed by atoms with van der Waals surface area (Å²) in [6.45, 7) is 1.82. The Morgan fingerprint density at radius 1 is 1.14 bits per heavy atom. The summed E-state index contributed by atoms with van der Waals surface area (Å²) in [4.78, 5) is 15.3. The van der Waals surface area contributed by atoms with E-state index in [0.29, 0.717) is 23.8 Å². The van der Waals surface area contributed by atoms with Gasteiger partial charge in [0.15, 0.2) is 0 Å². The zero-order chi connectivity index (χ0) is 14.4. The molecule has 0 bridgehead atoms. The zero-order valence-corrected chi connectivity index (χ0v) is 12.5. The van der Waals surface area contributed by atoms with Crippen molar-refractivity contribution < 1.29 is 4.79 Å². The van der Waals surface area contributed by atoms with Gasteiger partial charge in [-0.2, -0.15) is 0 Å². The van der Waals surface area contributed by atoms with Crippen molar-refractivity contribution in [2.75, 3.05) is 13.1 Å². The fourth-order valence-corrected chi connectivity index (χ4v) is 4.69. The van der Waals surface area contributed by atoms with Crippen LogP contribution in [-0.2, 0) is 10.2 Å². The molecule has 3 atom stereocenters. The molecule has 1 heterocycles. The summed E-state index contributed by atoms with van der Waals surface area (Å²) in [5.74, 6) is 1.56. The highest BCUT2D eigenvalue weighted by atomic mass is 16.2. The van der Waals surface area contributed by atoms with Crippen molar-refractivity contribution in [3.63, 3.8) is 0 Å². The fourth-order valence-electron chi connectivity index (χ4n) is 4.69. The van der Waals surface area contributed by atoms with Gasteiger partial charge in [-0.15, -0.1) is 0 Å². The van der Waals surface area contributed by atoms with Gasteiger partial charge >= 0.3 is 0 Å². The molecule has 0 spiro atoms. The highest BCUT2D eigenvalue weighted by Gasteiger charge is 2.51. The summed E-state index contributed by atoms with van der Waals surface area (Å²) in [5.41, 5.74) is 7.19. The third kappa shape index (κ3) is 1.94. The molecule has 0 radical (unpaired) electrons. The highest BCUT2D eigenvalue weighted by molar-refractivity contribution is 5.89. The molecule has 3 nitrogen and oxygen atoms in total. The molecule has 2 saturated carbocycles. The Labute approximate surface area is 126 Å². The Bertz CT molecular complexity index is 537. The molecule has 1 aromatic carbocycles. The fraction of sp³-hybridized carbons (Fsp3) is 0.611. The first-order valence-electron chi connectivity index (χ1n) is 8.31. The van der Waals surface area contributed by atoms with Crippen LogP contribution in [0.4, 0.5) is 0 Å². The van der Waals surface area contributed by atoms with Crippen molar-refractivity contribution in [2.24, 2.45) is 17.6 Å². The lowest BCUT2D eigenvalue weighted by Crippen LogP contribution is -2.50. The monoisotopic (exact) mass is 284 g/mol. The molecule has 1 saturated heterocycles. The summed E-state index contributed by atoms with van der Waals surface area (Å²) >= 11 is 0. The van der Waals surface area contributed by atoms with Gasteiger partial charge in [-0.3, -0.25) is 4.79 Å². The topological polar surface area (TPSA) is 46.3 Å². The lowest BCUT2D eigenvalue weighted by atomic mass is 9.63. The Hall–Kier alpha value is -1.35. The van der Waals surface area contributed by atoms with E-state index in [-0.39, 0.29) is 5.41 Å². The Morgan fingerprint density at radius 2 is 1.90 bits per heavy atom. The van der Waals surface area contributed by atoms with E-state index in [1.54, 1.807) is 0 Å². The molecule has 3 aliphatic rings. The number of fused-ring (bicyclic) bond motifs is 1. The van der Waals surface area contributed by atoms with E-state index >= 15 is 0 Å². The second kappa shape index (κ2) is 4.84. The summed E-state index contributed by atoms with van der Waals surface area (Å²) in [7, 11) is 0. The van der Waals surface area contributed by atoms with Crippen LogP contribution in [0, 0.1) is 11.8 Å². The van der Waals surface area contributed by atoms with Crippen LogP contribution < -0.4 is 5.73 Å². The molecular formula is C18H24N2O. The number of hydrogen-bond acceptors (Lipinski definition) is 2. The van der Waals surface area contributed by atoms with E-state index in [0.717, 1.165) is 32.4 Å². The van der Waals surface area contributed by atoms with E-state index in [4.69, 9.17) is 5.73 Å². The van der Waals surface area contributed by atoms with Crippen LogP contribution in [0.5, 0.6) is 0 Å². The summed E-state index contributed by atoms with van der Waals surface area (Å²) in [5, 5.41) is 0. The van der Waals surface area contributed by atoms with Crippen molar-refractivity contribution in [3.05, 3.63) is 35.9 Å². The van der Waals surface area contributed by atoms with Gasteiger partial charge in [0.25, 0.3) is 0 Å². The van der Waals surface area contributed by atoms with E-state index in [2.05, 4.69) is 29.2 Å². The van der Waals surface area contributed by atoms with Crippen molar-refractivity contribution in [2.45, 2.75) is 43.6 Å². The SMILES string of the molecule is NC1CCC2CN(C(=O)C3(c4ccccc4)CCC3)CC12. The smallest absolute Gasteiger partial charge is 0.233 e. The number of likely N-dealkylation sites (tertiary alicyclic amines) is 1. The highest BCUT2D eigenvalue weighted by Crippen LogP contribution is 2.47. The lowest BCUT2D eigenvalue weighted by molar-refractivity contribution is -0.140. The van der Waals surface area contributed by atoms with Crippen LogP contribution in [0.3, 0.4) is 0 Å². The molecule has 2 N–H and O–H groups in total. The van der Waals surface area contributed by atoms with Crippen molar-refractivity contribution in [3.8, 4) is 0 Å². The van der Waals surface area contributed by atoms with E-state index in [1.165, 1.54) is 18.4 Å². The molecule has 3 fully saturated rings. The first-order chi connectivity index (χ1) is 10.2. The normalized spacial score (nSPS) is 33.6. The molecule has 1 amide bonds. The molecule has 21 heavy (non-hydrogen) atoms. The standard InChI is InChI=1S/C18H24N2O/c19-16-8-7-13-11-20(12-15(13)16)17(21)18(9-4-10-18)14-5-2-1-3-6-14/h1-3,5-6,13,15-16H,4,7-12,19H2. The first kappa shape index (κ1) is 13.3. The second-order valence-corrected chi connectivity index (χ2v) is 7.18. The van der Waals surface area contributed by atoms with Crippen LogP contribution in [0.2, 0.25) is 0 Å². The van der Waals surface area contributed by atoms with E-state index < -0.39 is 0 Å². The van der Waals surface area contributed by atoms with Crippen molar-refractivity contribution in [1.29, 1.82) is 0 Å². The average Bonchev–Trinajstić information content (AvgIpc) is 3.01. The van der Waals surface area contributed by atoms with Gasteiger partial charge in [0, 0.05) is 19.1 Å². The van der Waals surface area contributed by atoms with Gasteiger partial charge in [-0.25, -0.2) is 0 Å². The number of carbonyl (C=O) groups is 1. The molecule has 2 aliphatic carbocycles. The molecule has 3 heteroatoms. The first-order valence-corrected chi connectivity index (χ1v) is 8.31. The van der Waals surface area contributed by atoms with Crippen LogP contribution in [0.25, 0.3) is 0 Å². The van der Waals surface area contributed by atoms with Gasteiger partial charge < -0.3 is 10.6 Å².